The van der Waals surface area contributed by atoms with Crippen molar-refractivity contribution >= 4 is 45.8 Å². The van der Waals surface area contributed by atoms with Gasteiger partial charge in [-0.3, -0.25) is 0 Å². The summed E-state index contributed by atoms with van der Waals surface area (Å²) in [6, 6.07) is 5.79. The van der Waals surface area contributed by atoms with Gasteiger partial charge in [0.2, 0.25) is 0 Å². The van der Waals surface area contributed by atoms with Crippen LogP contribution < -0.4 is 0 Å². The Bertz CT molecular complexity index is 388. The molecule has 3 aliphatic rings. The molecule has 0 saturated heterocycles. The van der Waals surface area contributed by atoms with Crippen molar-refractivity contribution in [1.29, 1.82) is 0 Å². The first-order valence-corrected chi connectivity index (χ1v) is 6.97. The van der Waals surface area contributed by atoms with Crippen LogP contribution in [0.3, 0.4) is 0 Å². The second-order valence-electron chi connectivity index (χ2n) is 5.06. The Morgan fingerprint density at radius 1 is 1.13 bits per heavy atom. The third-order valence-corrected chi connectivity index (χ3v) is 5.54. The zero-order valence-corrected chi connectivity index (χ0v) is 11.9. The molecule has 3 fully saturated rings. The number of benzene rings is 1. The van der Waals surface area contributed by atoms with E-state index in [2.05, 4.69) is 22.6 Å². The van der Waals surface area contributed by atoms with Crippen LogP contribution >= 0.6 is 45.8 Å². The van der Waals surface area contributed by atoms with E-state index in [9.17, 15) is 0 Å². The minimum absolute atomic E-state index is 0.538. The molecule has 80 valence electrons. The second kappa shape index (κ2) is 3.27. The van der Waals surface area contributed by atoms with E-state index in [-0.39, 0.29) is 0 Å². The van der Waals surface area contributed by atoms with Crippen molar-refractivity contribution in [3.8, 4) is 0 Å². The molecule has 0 unspecified atom stereocenters. The maximum atomic E-state index is 6.18. The van der Waals surface area contributed by atoms with Crippen molar-refractivity contribution in [2.75, 3.05) is 0 Å². The monoisotopic (exact) mass is 352 g/mol. The summed E-state index contributed by atoms with van der Waals surface area (Å²) in [5.74, 6) is 0. The maximum absolute atomic E-state index is 6.18. The number of rotatable bonds is 2. The van der Waals surface area contributed by atoms with Gasteiger partial charge in [0.05, 0.1) is 0 Å². The van der Waals surface area contributed by atoms with Crippen molar-refractivity contribution < 1.29 is 0 Å². The van der Waals surface area contributed by atoms with Gasteiger partial charge in [-0.1, -0.05) is 51.9 Å². The summed E-state index contributed by atoms with van der Waals surface area (Å²) < 4.78 is 0.630. The smallest absolute Gasteiger partial charge is 0.0453 e. The summed E-state index contributed by atoms with van der Waals surface area (Å²) in [6.45, 7) is 0. The van der Waals surface area contributed by atoms with Gasteiger partial charge in [-0.25, -0.2) is 0 Å². The normalized spacial score (nSPS) is 37.0. The van der Waals surface area contributed by atoms with E-state index in [1.165, 1.54) is 19.3 Å². The van der Waals surface area contributed by atoms with Crippen LogP contribution in [0.25, 0.3) is 0 Å². The number of hydrogen-bond acceptors (Lipinski definition) is 0. The fraction of sp³-hybridized carbons (Fsp3) is 0.500. The fourth-order valence-electron chi connectivity index (χ4n) is 3.12. The molecular formula is C12H11Cl2I. The van der Waals surface area contributed by atoms with E-state index in [1.807, 2.05) is 18.2 Å². The summed E-state index contributed by atoms with van der Waals surface area (Å²) >= 11 is 15.0. The molecule has 4 rings (SSSR count). The van der Waals surface area contributed by atoms with Gasteiger partial charge < -0.3 is 0 Å². The van der Waals surface area contributed by atoms with E-state index in [1.54, 1.807) is 0 Å². The molecule has 15 heavy (non-hydrogen) atoms. The quantitative estimate of drug-likeness (QED) is 0.525. The van der Waals surface area contributed by atoms with Crippen LogP contribution in [0.4, 0.5) is 0 Å². The molecule has 0 aliphatic heterocycles. The van der Waals surface area contributed by atoms with Crippen molar-refractivity contribution in [2.24, 2.45) is 5.41 Å². The highest BCUT2D eigenvalue weighted by Gasteiger charge is 2.66. The topological polar surface area (TPSA) is 0 Å². The summed E-state index contributed by atoms with van der Waals surface area (Å²) in [4.78, 5) is 0. The van der Waals surface area contributed by atoms with Gasteiger partial charge in [-0.15, -0.1) is 0 Å². The molecule has 3 heteroatoms. The van der Waals surface area contributed by atoms with Crippen LogP contribution in [0.5, 0.6) is 0 Å². The van der Waals surface area contributed by atoms with Gasteiger partial charge in [0.25, 0.3) is 0 Å². The maximum Gasteiger partial charge on any atom is 0.0453 e. The molecule has 0 amide bonds. The van der Waals surface area contributed by atoms with Gasteiger partial charge >= 0.3 is 0 Å². The van der Waals surface area contributed by atoms with E-state index >= 15 is 0 Å². The Balaban J connectivity index is 1.84. The van der Waals surface area contributed by atoms with Gasteiger partial charge in [0.15, 0.2) is 0 Å². The lowest BCUT2D eigenvalue weighted by atomic mass is 9.43. The predicted octanol–water partition coefficient (Wildman–Crippen LogP) is 4.89. The minimum atomic E-state index is 0.538. The summed E-state index contributed by atoms with van der Waals surface area (Å²) in [7, 11) is 0. The number of hydrogen-bond donors (Lipinski definition) is 0. The van der Waals surface area contributed by atoms with Crippen LogP contribution in [0, 0.1) is 5.41 Å². The number of halogens is 3. The molecule has 0 aromatic heterocycles. The molecular weight excluding hydrogens is 342 g/mol. The lowest BCUT2D eigenvalue weighted by Gasteiger charge is -2.68. The molecule has 0 atom stereocenters. The molecule has 0 nitrogen and oxygen atoms in total. The standard InChI is InChI=1S/C12H11Cl2I/c13-9-2-1-3-10(14)8(9)4-11-5-12(15,6-11)7-11/h1-3H,4-7H2. The summed E-state index contributed by atoms with van der Waals surface area (Å²) in [6.07, 6.45) is 5.11. The lowest BCUT2D eigenvalue weighted by molar-refractivity contribution is -0.0613. The Labute approximate surface area is 113 Å². The van der Waals surface area contributed by atoms with Gasteiger partial charge in [-0.05, 0) is 48.8 Å². The van der Waals surface area contributed by atoms with Crippen LogP contribution in [0.2, 0.25) is 10.0 Å². The van der Waals surface area contributed by atoms with Crippen molar-refractivity contribution in [1.82, 2.24) is 0 Å². The van der Waals surface area contributed by atoms with E-state index in [0.29, 0.717) is 8.84 Å². The summed E-state index contributed by atoms with van der Waals surface area (Å²) in [5.41, 5.74) is 1.69. The first kappa shape index (κ1) is 10.7. The SMILES string of the molecule is Clc1cccc(Cl)c1CC12CC(I)(C1)C2. The second-order valence-corrected chi connectivity index (χ2v) is 8.16. The van der Waals surface area contributed by atoms with Crippen LogP contribution in [-0.4, -0.2) is 3.42 Å². The molecule has 1 aromatic carbocycles. The molecule has 1 aromatic rings. The highest BCUT2D eigenvalue weighted by Crippen LogP contribution is 2.73. The van der Waals surface area contributed by atoms with Gasteiger partial charge in [0, 0.05) is 13.5 Å². The van der Waals surface area contributed by atoms with E-state index in [0.717, 1.165) is 22.0 Å². The molecule has 0 N–H and O–H groups in total. The number of alkyl halides is 1. The fourth-order valence-corrected chi connectivity index (χ4v) is 6.08. The Morgan fingerprint density at radius 3 is 2.13 bits per heavy atom. The minimum Gasteiger partial charge on any atom is -0.0840 e. The first-order chi connectivity index (χ1) is 7.02. The lowest BCUT2D eigenvalue weighted by Crippen LogP contribution is -2.64. The molecule has 0 heterocycles. The third kappa shape index (κ3) is 1.62. The van der Waals surface area contributed by atoms with E-state index < -0.39 is 0 Å². The largest absolute Gasteiger partial charge is 0.0840 e. The first-order valence-electron chi connectivity index (χ1n) is 5.14. The Kier molecular flexibility index (Phi) is 2.32. The zero-order valence-electron chi connectivity index (χ0n) is 8.19. The zero-order chi connectivity index (χ0) is 10.7. The van der Waals surface area contributed by atoms with Gasteiger partial charge in [-0.2, -0.15) is 0 Å². The Hall–Kier alpha value is 0.530. The van der Waals surface area contributed by atoms with Crippen LogP contribution in [0.15, 0.2) is 18.2 Å². The average molecular weight is 353 g/mol. The Morgan fingerprint density at radius 2 is 1.67 bits per heavy atom. The molecule has 0 radical (unpaired) electrons. The van der Waals surface area contributed by atoms with Crippen molar-refractivity contribution in [3.63, 3.8) is 0 Å². The van der Waals surface area contributed by atoms with Gasteiger partial charge in [0.1, 0.15) is 0 Å². The molecule has 3 saturated carbocycles. The van der Waals surface area contributed by atoms with Crippen LogP contribution in [-0.2, 0) is 6.42 Å². The average Bonchev–Trinajstić information content (AvgIpc) is 2.06. The highest BCUT2D eigenvalue weighted by atomic mass is 127. The van der Waals surface area contributed by atoms with Crippen LogP contribution in [0.1, 0.15) is 24.8 Å². The van der Waals surface area contributed by atoms with E-state index in [4.69, 9.17) is 23.2 Å². The highest BCUT2D eigenvalue weighted by molar-refractivity contribution is 14.1. The van der Waals surface area contributed by atoms with Crippen molar-refractivity contribution in [3.05, 3.63) is 33.8 Å². The molecule has 0 spiro atoms. The molecule has 2 bridgehead atoms. The third-order valence-electron chi connectivity index (χ3n) is 3.69. The molecule has 3 aliphatic carbocycles. The summed E-state index contributed by atoms with van der Waals surface area (Å²) in [5, 5.41) is 1.66. The predicted molar refractivity (Wildman–Crippen MR) is 73.2 cm³/mol. The van der Waals surface area contributed by atoms with Crippen molar-refractivity contribution in [2.45, 2.75) is 29.1 Å².